The molecular weight excluding hydrogens is 419 g/mol. The fourth-order valence-corrected chi connectivity index (χ4v) is 3.85. The second kappa shape index (κ2) is 9.32. The monoisotopic (exact) mass is 436 g/mol. The Balaban J connectivity index is 1.71. The predicted molar refractivity (Wildman–Crippen MR) is 113 cm³/mol. The van der Waals surface area contributed by atoms with Gasteiger partial charge in [0.25, 0.3) is 0 Å². The molecule has 28 heavy (non-hydrogen) atoms. The van der Waals surface area contributed by atoms with Gasteiger partial charge in [0, 0.05) is 12.1 Å². The number of carbonyl (C=O) groups is 1. The van der Waals surface area contributed by atoms with Gasteiger partial charge in [-0.25, -0.2) is 0 Å². The Bertz CT molecular complexity index is 956. The number of ether oxygens (including phenoxy) is 1. The zero-order chi connectivity index (χ0) is 20.1. The van der Waals surface area contributed by atoms with Crippen molar-refractivity contribution in [3.05, 3.63) is 52.5 Å². The van der Waals surface area contributed by atoms with Crippen LogP contribution < -0.4 is 10.1 Å². The third kappa shape index (κ3) is 4.60. The molecule has 0 saturated heterocycles. The smallest absolute Gasteiger partial charge is 0.234 e. The van der Waals surface area contributed by atoms with Crippen molar-refractivity contribution >= 4 is 46.6 Å². The maximum atomic E-state index is 12.3. The number of para-hydroxylation sites is 1. The van der Waals surface area contributed by atoms with Crippen LogP contribution in [-0.2, 0) is 11.3 Å². The third-order valence-electron chi connectivity index (χ3n) is 3.94. The molecule has 0 saturated carbocycles. The quantitative estimate of drug-likeness (QED) is 0.527. The number of halogens is 2. The molecule has 0 radical (unpaired) electrons. The number of methoxy groups -OCH3 is 1. The van der Waals surface area contributed by atoms with Crippen LogP contribution in [0, 0.1) is 0 Å². The van der Waals surface area contributed by atoms with Crippen LogP contribution in [0.15, 0.2) is 47.6 Å². The molecule has 0 unspecified atom stereocenters. The van der Waals surface area contributed by atoms with Crippen LogP contribution in [0.1, 0.15) is 6.92 Å². The molecule has 6 nitrogen and oxygen atoms in total. The van der Waals surface area contributed by atoms with Crippen molar-refractivity contribution in [3.8, 4) is 17.1 Å². The Morgan fingerprint density at radius 1 is 1.14 bits per heavy atom. The van der Waals surface area contributed by atoms with Crippen LogP contribution in [0.25, 0.3) is 11.4 Å². The van der Waals surface area contributed by atoms with Crippen LogP contribution in [0.2, 0.25) is 10.0 Å². The molecule has 0 atom stereocenters. The molecule has 1 amide bonds. The highest BCUT2D eigenvalue weighted by Gasteiger charge is 2.16. The van der Waals surface area contributed by atoms with E-state index in [1.807, 2.05) is 35.8 Å². The molecule has 0 aliphatic rings. The van der Waals surface area contributed by atoms with Crippen LogP contribution in [0.3, 0.4) is 0 Å². The summed E-state index contributed by atoms with van der Waals surface area (Å²) in [5.74, 6) is 1.44. The Hall–Kier alpha value is -2.22. The van der Waals surface area contributed by atoms with Crippen LogP contribution in [-0.4, -0.2) is 33.5 Å². The maximum Gasteiger partial charge on any atom is 0.234 e. The maximum absolute atomic E-state index is 12.3. The van der Waals surface area contributed by atoms with E-state index in [2.05, 4.69) is 15.5 Å². The van der Waals surface area contributed by atoms with Crippen molar-refractivity contribution in [1.82, 2.24) is 14.8 Å². The fourth-order valence-electron chi connectivity index (χ4n) is 2.56. The van der Waals surface area contributed by atoms with Crippen LogP contribution in [0.5, 0.6) is 5.75 Å². The van der Waals surface area contributed by atoms with Gasteiger partial charge in [0.05, 0.1) is 28.6 Å². The molecule has 146 valence electrons. The largest absolute Gasteiger partial charge is 0.497 e. The van der Waals surface area contributed by atoms with Gasteiger partial charge in [-0.3, -0.25) is 4.79 Å². The first-order valence-electron chi connectivity index (χ1n) is 8.47. The summed E-state index contributed by atoms with van der Waals surface area (Å²) in [5.41, 5.74) is 1.33. The van der Waals surface area contributed by atoms with Crippen molar-refractivity contribution in [2.75, 3.05) is 18.2 Å². The summed E-state index contributed by atoms with van der Waals surface area (Å²) in [6, 6.07) is 12.7. The number of nitrogens with one attached hydrogen (secondary N) is 1. The lowest BCUT2D eigenvalue weighted by atomic mass is 10.2. The van der Waals surface area contributed by atoms with Gasteiger partial charge in [-0.05, 0) is 43.3 Å². The highest BCUT2D eigenvalue weighted by Crippen LogP contribution is 2.30. The van der Waals surface area contributed by atoms with Crippen molar-refractivity contribution in [2.45, 2.75) is 18.6 Å². The molecule has 3 aromatic rings. The highest BCUT2D eigenvalue weighted by atomic mass is 35.5. The molecule has 0 aliphatic carbocycles. The minimum Gasteiger partial charge on any atom is -0.497 e. The van der Waals surface area contributed by atoms with Gasteiger partial charge in [0.15, 0.2) is 11.0 Å². The van der Waals surface area contributed by atoms with Gasteiger partial charge in [0.2, 0.25) is 5.91 Å². The van der Waals surface area contributed by atoms with E-state index in [4.69, 9.17) is 27.9 Å². The lowest BCUT2D eigenvalue weighted by Gasteiger charge is -2.10. The summed E-state index contributed by atoms with van der Waals surface area (Å²) in [6.07, 6.45) is 0. The van der Waals surface area contributed by atoms with E-state index in [0.29, 0.717) is 27.4 Å². The molecule has 1 N–H and O–H groups in total. The summed E-state index contributed by atoms with van der Waals surface area (Å²) in [4.78, 5) is 12.3. The lowest BCUT2D eigenvalue weighted by molar-refractivity contribution is -0.113. The number of hydrogen-bond acceptors (Lipinski definition) is 5. The van der Waals surface area contributed by atoms with Crippen LogP contribution in [0.4, 0.5) is 5.69 Å². The van der Waals surface area contributed by atoms with Crippen molar-refractivity contribution in [2.24, 2.45) is 0 Å². The van der Waals surface area contributed by atoms with Gasteiger partial charge in [-0.1, -0.05) is 41.0 Å². The number of benzene rings is 2. The molecule has 0 bridgehead atoms. The summed E-state index contributed by atoms with van der Waals surface area (Å²) in [5, 5.41) is 12.7. The van der Waals surface area contributed by atoms with Crippen molar-refractivity contribution < 1.29 is 9.53 Å². The van der Waals surface area contributed by atoms with Gasteiger partial charge >= 0.3 is 0 Å². The van der Waals surface area contributed by atoms with Crippen molar-refractivity contribution in [3.63, 3.8) is 0 Å². The molecule has 1 aromatic heterocycles. The normalized spacial score (nSPS) is 10.7. The summed E-state index contributed by atoms with van der Waals surface area (Å²) in [7, 11) is 1.62. The van der Waals surface area contributed by atoms with E-state index in [0.717, 1.165) is 17.1 Å². The van der Waals surface area contributed by atoms with E-state index < -0.39 is 0 Å². The second-order valence-corrected chi connectivity index (χ2v) is 7.47. The van der Waals surface area contributed by atoms with Crippen LogP contribution >= 0.6 is 35.0 Å². The first-order valence-corrected chi connectivity index (χ1v) is 10.2. The molecule has 9 heteroatoms. The van der Waals surface area contributed by atoms with Gasteiger partial charge in [-0.2, -0.15) is 0 Å². The third-order valence-corrected chi connectivity index (χ3v) is 5.54. The summed E-state index contributed by atoms with van der Waals surface area (Å²) in [6.45, 7) is 2.68. The van der Waals surface area contributed by atoms with E-state index in [9.17, 15) is 4.79 Å². The molecule has 1 heterocycles. The zero-order valence-corrected chi connectivity index (χ0v) is 17.6. The van der Waals surface area contributed by atoms with Gasteiger partial charge < -0.3 is 14.6 Å². The Labute approximate surface area is 177 Å². The number of rotatable bonds is 7. The highest BCUT2D eigenvalue weighted by molar-refractivity contribution is 7.99. The van der Waals surface area contributed by atoms with E-state index >= 15 is 0 Å². The average Bonchev–Trinajstić information content (AvgIpc) is 3.12. The molecule has 0 aliphatic heterocycles. The Kier molecular flexibility index (Phi) is 6.83. The van der Waals surface area contributed by atoms with E-state index in [-0.39, 0.29) is 11.7 Å². The number of amides is 1. The molecule has 0 spiro atoms. The van der Waals surface area contributed by atoms with E-state index in [1.54, 1.807) is 25.3 Å². The lowest BCUT2D eigenvalue weighted by Crippen LogP contribution is -2.15. The SMILES string of the molecule is CCn1c(SCC(=O)Nc2c(Cl)cccc2Cl)nnc1-c1ccc(OC)cc1. The first kappa shape index (κ1) is 20.5. The molecule has 2 aromatic carbocycles. The minimum atomic E-state index is -0.225. The van der Waals surface area contributed by atoms with E-state index in [1.165, 1.54) is 11.8 Å². The number of nitrogens with zero attached hydrogens (tertiary/aromatic N) is 3. The predicted octanol–water partition coefficient (Wildman–Crippen LogP) is 5.01. The first-order chi connectivity index (χ1) is 13.5. The second-order valence-electron chi connectivity index (χ2n) is 5.71. The number of carbonyl (C=O) groups excluding carboxylic acids is 1. The van der Waals surface area contributed by atoms with Gasteiger partial charge in [0.1, 0.15) is 5.75 Å². The molecule has 3 rings (SSSR count). The number of hydrogen-bond donors (Lipinski definition) is 1. The van der Waals surface area contributed by atoms with Crippen molar-refractivity contribution in [1.29, 1.82) is 0 Å². The minimum absolute atomic E-state index is 0.155. The summed E-state index contributed by atoms with van der Waals surface area (Å²) >= 11 is 13.5. The Morgan fingerprint density at radius 2 is 1.82 bits per heavy atom. The summed E-state index contributed by atoms with van der Waals surface area (Å²) < 4.78 is 7.15. The zero-order valence-electron chi connectivity index (χ0n) is 15.3. The molecule has 0 fully saturated rings. The number of thioether (sulfide) groups is 1. The topological polar surface area (TPSA) is 69.0 Å². The average molecular weight is 437 g/mol. The Morgan fingerprint density at radius 3 is 2.43 bits per heavy atom. The molecular formula is C19H18Cl2N4O2S. The number of anilines is 1. The number of aromatic nitrogens is 3. The van der Waals surface area contributed by atoms with Gasteiger partial charge in [-0.15, -0.1) is 10.2 Å². The standard InChI is InChI=1S/C19H18Cl2N4O2S/c1-3-25-18(12-7-9-13(27-2)10-8-12)23-24-19(25)28-11-16(26)22-17-14(20)5-4-6-15(17)21/h4-10H,3,11H2,1-2H3,(H,22,26). The fraction of sp³-hybridized carbons (Fsp3) is 0.211.